The molecule has 0 aliphatic rings. The van der Waals surface area contributed by atoms with Gasteiger partial charge in [-0.05, 0) is 31.2 Å². The van der Waals surface area contributed by atoms with Crippen LogP contribution in [0.3, 0.4) is 0 Å². The van der Waals surface area contributed by atoms with E-state index in [2.05, 4.69) is 34.7 Å². The molecule has 2 N–H and O–H groups in total. The van der Waals surface area contributed by atoms with Crippen LogP contribution in [-0.2, 0) is 6.42 Å². The number of thiophene rings is 1. The number of imidazole rings is 1. The van der Waals surface area contributed by atoms with Crippen LogP contribution in [0.25, 0.3) is 11.0 Å². The number of fused-ring (bicyclic) bond motifs is 1. The number of nitriles is 1. The van der Waals surface area contributed by atoms with Crippen molar-refractivity contribution in [1.29, 1.82) is 5.26 Å². The molecule has 0 aliphatic carbocycles. The molecule has 2 heterocycles. The van der Waals surface area contributed by atoms with Crippen LogP contribution in [-0.4, -0.2) is 16.1 Å². The number of aromatic nitrogens is 2. The van der Waals surface area contributed by atoms with Crippen molar-refractivity contribution < 1.29 is 0 Å². The van der Waals surface area contributed by atoms with Gasteiger partial charge in [0.2, 0.25) is 0 Å². The van der Waals surface area contributed by atoms with E-state index >= 15 is 0 Å². The van der Waals surface area contributed by atoms with Gasteiger partial charge in [0.05, 0.1) is 29.6 Å². The zero-order valence-electron chi connectivity index (χ0n) is 11.8. The van der Waals surface area contributed by atoms with Crippen molar-refractivity contribution in [3.8, 4) is 6.07 Å². The Morgan fingerprint density at radius 3 is 2.81 bits per heavy atom. The van der Waals surface area contributed by atoms with E-state index in [1.165, 1.54) is 9.75 Å². The van der Waals surface area contributed by atoms with Crippen LogP contribution in [0.2, 0.25) is 0 Å². The van der Waals surface area contributed by atoms with Gasteiger partial charge in [-0.1, -0.05) is 12.1 Å². The second kappa shape index (κ2) is 5.68. The van der Waals surface area contributed by atoms with Gasteiger partial charge >= 0.3 is 0 Å². The Morgan fingerprint density at radius 2 is 2.14 bits per heavy atom. The molecule has 3 aromatic rings. The lowest BCUT2D eigenvalue weighted by atomic mass is 10.2. The fourth-order valence-electron chi connectivity index (χ4n) is 2.62. The predicted octanol–water partition coefficient (Wildman–Crippen LogP) is 3.02. The summed E-state index contributed by atoms with van der Waals surface area (Å²) in [6.07, 6.45) is 0.287. The third-order valence-corrected chi connectivity index (χ3v) is 4.63. The zero-order valence-corrected chi connectivity index (χ0v) is 12.6. The van der Waals surface area contributed by atoms with Crippen LogP contribution in [0.15, 0.2) is 36.4 Å². The van der Waals surface area contributed by atoms with E-state index in [0.29, 0.717) is 6.54 Å². The Balaban J connectivity index is 2.21. The second-order valence-electron chi connectivity index (χ2n) is 4.92. The molecular formula is C16H16N4S. The molecule has 0 fully saturated rings. The standard InChI is InChI=1S/C16H16N4S/c1-11-6-7-15(21-11)14(10-18)20-13-5-3-2-4-12(13)19-16(20)8-9-17/h2-7,14H,8,10,18H2,1H3. The third kappa shape index (κ3) is 2.44. The minimum atomic E-state index is 0.0273. The van der Waals surface area contributed by atoms with Crippen molar-refractivity contribution in [3.05, 3.63) is 52.0 Å². The Kier molecular flexibility index (Phi) is 3.74. The monoisotopic (exact) mass is 296 g/mol. The van der Waals surface area contributed by atoms with Gasteiger partial charge in [-0.3, -0.25) is 0 Å². The molecule has 0 saturated carbocycles. The average molecular weight is 296 g/mol. The molecule has 4 nitrogen and oxygen atoms in total. The lowest BCUT2D eigenvalue weighted by Crippen LogP contribution is -2.21. The van der Waals surface area contributed by atoms with Gasteiger partial charge in [-0.15, -0.1) is 11.3 Å². The SMILES string of the molecule is Cc1ccc(C(CN)n2c(CC#N)nc3ccccc32)s1. The van der Waals surface area contributed by atoms with E-state index in [1.807, 2.05) is 24.3 Å². The molecular weight excluding hydrogens is 280 g/mol. The maximum atomic E-state index is 9.07. The van der Waals surface area contributed by atoms with Crippen LogP contribution in [0.5, 0.6) is 0 Å². The molecule has 2 aromatic heterocycles. The fourth-order valence-corrected chi connectivity index (χ4v) is 3.60. The van der Waals surface area contributed by atoms with Gasteiger partial charge in [0.1, 0.15) is 5.82 Å². The number of nitrogens with two attached hydrogens (primary N) is 1. The van der Waals surface area contributed by atoms with Crippen LogP contribution in [0.1, 0.15) is 21.6 Å². The molecule has 0 amide bonds. The number of hydrogen-bond acceptors (Lipinski definition) is 4. The highest BCUT2D eigenvalue weighted by Gasteiger charge is 2.20. The quantitative estimate of drug-likeness (QED) is 0.804. The van der Waals surface area contributed by atoms with Gasteiger partial charge < -0.3 is 10.3 Å². The van der Waals surface area contributed by atoms with Gasteiger partial charge in [0, 0.05) is 16.3 Å². The lowest BCUT2D eigenvalue weighted by molar-refractivity contribution is 0.598. The summed E-state index contributed by atoms with van der Waals surface area (Å²) in [5, 5.41) is 9.07. The molecule has 1 unspecified atom stereocenters. The molecule has 1 aromatic carbocycles. The van der Waals surface area contributed by atoms with E-state index in [4.69, 9.17) is 11.0 Å². The molecule has 0 radical (unpaired) electrons. The van der Waals surface area contributed by atoms with Gasteiger partial charge in [0.25, 0.3) is 0 Å². The summed E-state index contributed by atoms with van der Waals surface area (Å²) >= 11 is 1.74. The van der Waals surface area contributed by atoms with E-state index in [0.717, 1.165) is 16.9 Å². The third-order valence-electron chi connectivity index (χ3n) is 3.53. The number of benzene rings is 1. The highest BCUT2D eigenvalue weighted by molar-refractivity contribution is 7.12. The maximum Gasteiger partial charge on any atom is 0.124 e. The average Bonchev–Trinajstić information content (AvgIpc) is 3.06. The maximum absolute atomic E-state index is 9.07. The van der Waals surface area contributed by atoms with Crippen LogP contribution in [0, 0.1) is 18.3 Å². The minimum Gasteiger partial charge on any atom is -0.328 e. The molecule has 1 atom stereocenters. The van der Waals surface area contributed by atoms with Crippen molar-refractivity contribution in [2.45, 2.75) is 19.4 Å². The highest BCUT2D eigenvalue weighted by atomic mass is 32.1. The summed E-state index contributed by atoms with van der Waals surface area (Å²) in [4.78, 5) is 7.06. The summed E-state index contributed by atoms with van der Waals surface area (Å²) in [5.41, 5.74) is 7.98. The van der Waals surface area contributed by atoms with Crippen LogP contribution >= 0.6 is 11.3 Å². The topological polar surface area (TPSA) is 67.6 Å². The molecule has 3 rings (SSSR count). The first-order valence-electron chi connectivity index (χ1n) is 6.83. The first-order valence-corrected chi connectivity index (χ1v) is 7.65. The van der Waals surface area contributed by atoms with Gasteiger partial charge in [-0.2, -0.15) is 5.26 Å². The summed E-state index contributed by atoms with van der Waals surface area (Å²) in [6.45, 7) is 2.57. The molecule has 5 heteroatoms. The fraction of sp³-hybridized carbons (Fsp3) is 0.250. The first-order chi connectivity index (χ1) is 10.2. The smallest absolute Gasteiger partial charge is 0.124 e. The highest BCUT2D eigenvalue weighted by Crippen LogP contribution is 2.30. The Labute approximate surface area is 127 Å². The summed E-state index contributed by atoms with van der Waals surface area (Å²) in [7, 11) is 0. The summed E-state index contributed by atoms with van der Waals surface area (Å²) in [5.74, 6) is 0.778. The van der Waals surface area contributed by atoms with Crippen molar-refractivity contribution in [1.82, 2.24) is 9.55 Å². The molecule has 21 heavy (non-hydrogen) atoms. The molecule has 106 valence electrons. The normalized spacial score (nSPS) is 12.4. The van der Waals surface area contributed by atoms with Crippen molar-refractivity contribution in [2.75, 3.05) is 6.54 Å². The molecule has 0 spiro atoms. The van der Waals surface area contributed by atoms with Gasteiger partial charge in [0.15, 0.2) is 0 Å². The largest absolute Gasteiger partial charge is 0.328 e. The molecule has 0 bridgehead atoms. The lowest BCUT2D eigenvalue weighted by Gasteiger charge is -2.18. The van der Waals surface area contributed by atoms with Crippen LogP contribution in [0.4, 0.5) is 0 Å². The number of hydrogen-bond donors (Lipinski definition) is 1. The Hall–Kier alpha value is -2.16. The number of aryl methyl sites for hydroxylation is 1. The predicted molar refractivity (Wildman–Crippen MR) is 85.3 cm³/mol. The zero-order chi connectivity index (χ0) is 14.8. The molecule has 0 aliphatic heterocycles. The minimum absolute atomic E-state index is 0.0273. The summed E-state index contributed by atoms with van der Waals surface area (Å²) < 4.78 is 2.11. The van der Waals surface area contributed by atoms with Crippen molar-refractivity contribution in [2.24, 2.45) is 5.73 Å². The molecule has 0 saturated heterocycles. The van der Waals surface area contributed by atoms with E-state index in [1.54, 1.807) is 11.3 Å². The number of para-hydroxylation sites is 2. The summed E-state index contributed by atoms with van der Waals surface area (Å²) in [6, 6.07) is 14.4. The number of rotatable bonds is 4. The van der Waals surface area contributed by atoms with E-state index in [9.17, 15) is 0 Å². The first kappa shape index (κ1) is 13.8. The second-order valence-corrected chi connectivity index (χ2v) is 6.24. The van der Waals surface area contributed by atoms with Crippen LogP contribution < -0.4 is 5.73 Å². The van der Waals surface area contributed by atoms with Crippen molar-refractivity contribution >= 4 is 22.4 Å². The Bertz CT molecular complexity index is 809. The van der Waals surface area contributed by atoms with E-state index in [-0.39, 0.29) is 12.5 Å². The van der Waals surface area contributed by atoms with E-state index < -0.39 is 0 Å². The van der Waals surface area contributed by atoms with Gasteiger partial charge in [-0.25, -0.2) is 4.98 Å². The number of nitrogens with zero attached hydrogens (tertiary/aromatic N) is 3. The Morgan fingerprint density at radius 1 is 1.33 bits per heavy atom. The van der Waals surface area contributed by atoms with Crippen molar-refractivity contribution in [3.63, 3.8) is 0 Å².